The molecule has 0 rings (SSSR count). The van der Waals surface area contributed by atoms with Gasteiger partial charge < -0.3 is 41.8 Å². The van der Waals surface area contributed by atoms with Crippen LogP contribution in [-0.4, -0.2) is 39.6 Å². The summed E-state index contributed by atoms with van der Waals surface area (Å²) in [6.45, 7) is 15.0. The summed E-state index contributed by atoms with van der Waals surface area (Å²) in [6.07, 6.45) is 73.5. The monoisotopic (exact) mass is 1350 g/mol. The van der Waals surface area contributed by atoms with Gasteiger partial charge in [-0.15, -0.1) is 0 Å². The molecule has 0 N–H and O–H groups in total. The first kappa shape index (κ1) is 95.3. The van der Waals surface area contributed by atoms with Crippen molar-refractivity contribution in [3.63, 3.8) is 0 Å². The Morgan fingerprint density at radius 2 is 0.250 bits per heavy atom. The van der Waals surface area contributed by atoms with E-state index in [-0.39, 0.29) is 57.0 Å². The van der Waals surface area contributed by atoms with E-state index in [4.69, 9.17) is 27.1 Å². The summed E-state index contributed by atoms with van der Waals surface area (Å²) < 4.78 is 65.0. The first-order valence-corrected chi connectivity index (χ1v) is 42.5. The van der Waals surface area contributed by atoms with Crippen LogP contribution in [0.5, 0.6) is 0 Å². The largest absolute Gasteiger partial charge is 3.00 e. The van der Waals surface area contributed by atoms with E-state index in [1.54, 1.807) is 0 Å². The van der Waals surface area contributed by atoms with Crippen LogP contribution in [0.25, 0.3) is 0 Å². The van der Waals surface area contributed by atoms with Crippen molar-refractivity contribution in [3.05, 3.63) is 0 Å². The molecular weight excluding hydrogens is 1200 g/mol. The third kappa shape index (κ3) is 88.9. The van der Waals surface area contributed by atoms with Crippen LogP contribution in [0.4, 0.5) is 0 Å². The topological polar surface area (TPSA) is 176 Å². The summed E-state index contributed by atoms with van der Waals surface area (Å²) in [5, 5.41) is 0. The van der Waals surface area contributed by atoms with Gasteiger partial charge in [0, 0.05) is 0 Å². The second-order valence-electron chi connectivity index (χ2n) is 25.4. The molecule has 12 nitrogen and oxygen atoms in total. The first-order valence-electron chi connectivity index (χ1n) is 38.2. The van der Waals surface area contributed by atoms with Crippen molar-refractivity contribution in [2.24, 2.45) is 0 Å². The van der Waals surface area contributed by atoms with E-state index in [9.17, 15) is 28.4 Å². The third-order valence-corrected chi connectivity index (χ3v) is 19.5. The molecule has 0 aromatic carbocycles. The van der Waals surface area contributed by atoms with E-state index >= 15 is 0 Å². The van der Waals surface area contributed by atoms with Gasteiger partial charge in [0.15, 0.2) is 0 Å². The van der Waals surface area contributed by atoms with E-state index in [0.29, 0.717) is 0 Å². The smallest absolute Gasteiger partial charge is 0.756 e. The molecule has 0 bridgehead atoms. The van der Waals surface area contributed by atoms with Crippen molar-refractivity contribution in [1.29, 1.82) is 0 Å². The Morgan fingerprint density at radius 1 is 0.170 bits per heavy atom. The first-order chi connectivity index (χ1) is 42.4. The van der Waals surface area contributed by atoms with Crippen LogP contribution < -0.4 is 14.7 Å². The number of phosphoric acid groups is 3. The normalized spacial score (nSPS) is 11.8. The molecule has 0 amide bonds. The van der Waals surface area contributed by atoms with Gasteiger partial charge in [-0.05, 0) is 38.5 Å². The number of unbranched alkanes of at least 4 members (excludes halogenated alkanes) is 54. The predicted molar refractivity (Wildman–Crippen MR) is 370 cm³/mol. The summed E-state index contributed by atoms with van der Waals surface area (Å²) in [6, 6.07) is 0. The molecule has 0 fully saturated rings. The average molecular weight is 1350 g/mol. The van der Waals surface area contributed by atoms with Crippen LogP contribution in [-0.2, 0) is 58.2 Å². The SMILES string of the molecule is CCCCCCCCCCCCOP(=O)([O-])OCCCCCCCCCCCC.CCCCCCCCCCCCOP(=O)([O-])OCCCCCCCCCCCC.CCCCCCCCCCCCOP(=O)([O-])OCCCCCCCCCCCC.[Cr+3]. The second-order valence-corrected chi connectivity index (χ2v) is 29.7. The average Bonchev–Trinajstić information content (AvgIpc) is 3.50. The predicted octanol–water partition coefficient (Wildman–Crippen LogP) is 25.0. The quantitative estimate of drug-likeness (QED) is 0.0417. The molecule has 0 unspecified atom stereocenters. The zero-order valence-corrected chi connectivity index (χ0v) is 63.3. The van der Waals surface area contributed by atoms with Crippen LogP contribution in [0, 0.1) is 0 Å². The zero-order valence-electron chi connectivity index (χ0n) is 59.3. The summed E-state index contributed by atoms with van der Waals surface area (Å²) >= 11 is 0. The van der Waals surface area contributed by atoms with Crippen molar-refractivity contribution in [2.75, 3.05) is 39.6 Å². The van der Waals surface area contributed by atoms with Crippen molar-refractivity contribution >= 4 is 23.5 Å². The van der Waals surface area contributed by atoms with Crippen molar-refractivity contribution in [1.82, 2.24) is 0 Å². The van der Waals surface area contributed by atoms with Gasteiger partial charge in [-0.3, -0.25) is 13.7 Å². The van der Waals surface area contributed by atoms with Crippen LogP contribution in [0.1, 0.15) is 427 Å². The van der Waals surface area contributed by atoms with Crippen LogP contribution in [0.2, 0.25) is 0 Å². The minimum atomic E-state index is -4.10. The summed E-state index contributed by atoms with van der Waals surface area (Å²) in [5.74, 6) is 0. The van der Waals surface area contributed by atoms with Crippen LogP contribution in [0.3, 0.4) is 0 Å². The molecule has 0 heterocycles. The Balaban J connectivity index is -0.000000598. The van der Waals surface area contributed by atoms with E-state index in [2.05, 4.69) is 41.5 Å². The van der Waals surface area contributed by atoms with Crippen LogP contribution >= 0.6 is 23.5 Å². The standard InChI is InChI=1S/3C24H51O4P.Cr/c3*1-3-5-7-9-11-13-15-17-19-21-23-27-29(25,26)28-24-22-20-18-16-14-12-10-8-6-4-2;/h3*3-24H2,1-2H3,(H,25,26);/q;;;+3/p-3. The van der Waals surface area contributed by atoms with Gasteiger partial charge in [-0.2, -0.15) is 0 Å². The molecule has 88 heavy (non-hydrogen) atoms. The van der Waals surface area contributed by atoms with E-state index in [0.717, 1.165) is 77.0 Å². The van der Waals surface area contributed by atoms with Gasteiger partial charge in [-0.1, -0.05) is 388 Å². The van der Waals surface area contributed by atoms with Gasteiger partial charge in [-0.25, -0.2) is 0 Å². The third-order valence-electron chi connectivity index (χ3n) is 16.5. The summed E-state index contributed by atoms with van der Waals surface area (Å²) in [7, 11) is -12.3. The fourth-order valence-corrected chi connectivity index (χ4v) is 13.0. The van der Waals surface area contributed by atoms with Gasteiger partial charge in [0.25, 0.3) is 23.5 Å². The maximum atomic E-state index is 11.7. The Labute approximate surface area is 559 Å². The molecular formula is C72H150CrO12P3. The van der Waals surface area contributed by atoms with Crippen molar-refractivity contribution in [2.45, 2.75) is 427 Å². The Morgan fingerprint density at radius 3 is 0.341 bits per heavy atom. The van der Waals surface area contributed by atoms with Gasteiger partial charge in [0.05, 0.1) is 39.6 Å². The number of rotatable bonds is 72. The molecule has 0 aliphatic heterocycles. The molecule has 0 aromatic rings. The molecule has 531 valence electrons. The fraction of sp³-hybridized carbons (Fsp3) is 1.00. The van der Waals surface area contributed by atoms with Gasteiger partial charge >= 0.3 is 17.4 Å². The van der Waals surface area contributed by atoms with Crippen molar-refractivity contribution < 1.29 is 72.9 Å². The zero-order chi connectivity index (χ0) is 64.4. The second kappa shape index (κ2) is 80.3. The van der Waals surface area contributed by atoms with Crippen LogP contribution in [0.15, 0.2) is 0 Å². The fourth-order valence-electron chi connectivity index (χ4n) is 10.7. The maximum Gasteiger partial charge on any atom is 3.00 e. The summed E-state index contributed by atoms with van der Waals surface area (Å²) in [5.41, 5.74) is 0. The van der Waals surface area contributed by atoms with E-state index < -0.39 is 23.5 Å². The Bertz CT molecular complexity index is 1170. The van der Waals surface area contributed by atoms with Gasteiger partial charge in [0.1, 0.15) is 0 Å². The number of hydrogen-bond donors (Lipinski definition) is 0. The molecule has 0 saturated carbocycles. The molecule has 0 saturated heterocycles. The molecule has 1 radical (unpaired) electrons. The maximum absolute atomic E-state index is 11.7. The molecule has 0 aromatic heterocycles. The van der Waals surface area contributed by atoms with Crippen molar-refractivity contribution in [3.8, 4) is 0 Å². The molecule has 0 atom stereocenters. The molecule has 0 aliphatic carbocycles. The minimum Gasteiger partial charge on any atom is -0.756 e. The number of phosphoric ester groups is 3. The number of hydrogen-bond acceptors (Lipinski definition) is 12. The Kier molecular flexibility index (Phi) is 86.9. The minimum absolute atomic E-state index is 0. The molecule has 0 spiro atoms. The van der Waals surface area contributed by atoms with E-state index in [1.165, 1.54) is 308 Å². The summed E-state index contributed by atoms with van der Waals surface area (Å²) in [4.78, 5) is 35.2. The van der Waals surface area contributed by atoms with E-state index in [1.807, 2.05) is 0 Å². The molecule has 0 aliphatic rings. The van der Waals surface area contributed by atoms with Gasteiger partial charge in [0.2, 0.25) is 0 Å². The molecule has 16 heteroatoms. The Hall–Kier alpha value is 0.862.